The fraction of sp³-hybridized carbons (Fsp3) is 0.583. The van der Waals surface area contributed by atoms with Gasteiger partial charge in [0.1, 0.15) is 35.5 Å². The number of nitriles is 1. The van der Waals surface area contributed by atoms with Crippen LogP contribution in [0, 0.1) is 11.3 Å². The predicted molar refractivity (Wildman–Crippen MR) is 133 cm³/mol. The fourth-order valence-electron chi connectivity index (χ4n) is 5.36. The molecule has 3 aliphatic rings. The zero-order chi connectivity index (χ0) is 27.5. The number of piperazine rings is 1. The van der Waals surface area contributed by atoms with Crippen molar-refractivity contribution in [1.29, 1.82) is 5.26 Å². The molecule has 1 amide bonds. The third kappa shape index (κ3) is 4.20. The maximum atomic E-state index is 13.7. The number of hydrogen-bond donors (Lipinski definition) is 0. The smallest absolute Gasteiger partial charge is 0.352 e. The van der Waals surface area contributed by atoms with E-state index in [4.69, 9.17) is 0 Å². The molecule has 0 radical (unpaired) electrons. The minimum absolute atomic E-state index is 0.0873. The van der Waals surface area contributed by atoms with Crippen LogP contribution in [0.1, 0.15) is 44.0 Å². The quantitative estimate of drug-likeness (QED) is 0.530. The Morgan fingerprint density at radius 3 is 2.53 bits per heavy atom. The van der Waals surface area contributed by atoms with Gasteiger partial charge in [-0.2, -0.15) is 18.4 Å². The molecule has 2 aromatic rings. The zero-order valence-electron chi connectivity index (χ0n) is 21.1. The third-order valence-electron chi connectivity index (χ3n) is 7.42. The Kier molecular flexibility index (Phi) is 6.40. The van der Waals surface area contributed by atoms with Crippen molar-refractivity contribution in [1.82, 2.24) is 25.1 Å². The number of halogens is 4. The fourth-order valence-corrected chi connectivity index (χ4v) is 6.37. The van der Waals surface area contributed by atoms with Crippen molar-refractivity contribution in [2.75, 3.05) is 48.4 Å². The van der Waals surface area contributed by atoms with Crippen LogP contribution in [0.5, 0.6) is 0 Å². The predicted octanol–water partition coefficient (Wildman–Crippen LogP) is 3.47. The number of rotatable bonds is 4. The Hall–Kier alpha value is -3.21. The number of carbonyl (C=O) groups is 1. The monoisotopic (exact) mass is 550 g/mol. The Morgan fingerprint density at radius 1 is 1.24 bits per heavy atom. The topological polar surface area (TPSA) is 102 Å². The number of hydrogen-bond acceptors (Lipinski definition) is 9. The summed E-state index contributed by atoms with van der Waals surface area (Å²) in [6.07, 6.45) is -2.87. The van der Waals surface area contributed by atoms with Crippen LogP contribution in [0.4, 0.5) is 35.0 Å². The summed E-state index contributed by atoms with van der Waals surface area (Å²) >= 11 is 1.37. The van der Waals surface area contributed by atoms with Crippen molar-refractivity contribution in [2.24, 2.45) is 0 Å². The van der Waals surface area contributed by atoms with Crippen molar-refractivity contribution < 1.29 is 22.4 Å². The molecule has 2 aromatic heterocycles. The number of thioether (sulfide) groups is 1. The first-order valence-electron chi connectivity index (χ1n) is 12.2. The van der Waals surface area contributed by atoms with E-state index in [2.05, 4.69) is 25.1 Å². The van der Waals surface area contributed by atoms with Gasteiger partial charge >= 0.3 is 6.18 Å². The van der Waals surface area contributed by atoms with E-state index in [1.807, 2.05) is 20.8 Å². The normalized spacial score (nSPS) is 24.6. The molecule has 0 bridgehead atoms. The Balaban J connectivity index is 1.44. The van der Waals surface area contributed by atoms with Gasteiger partial charge in [-0.15, -0.1) is 22.0 Å². The maximum Gasteiger partial charge on any atom is 0.436 e. The van der Waals surface area contributed by atoms with Gasteiger partial charge in [0, 0.05) is 49.3 Å². The van der Waals surface area contributed by atoms with Gasteiger partial charge in [-0.3, -0.25) is 4.79 Å². The molecule has 0 aliphatic carbocycles. The molecule has 2 atom stereocenters. The van der Waals surface area contributed by atoms with Gasteiger partial charge < -0.3 is 14.7 Å². The number of anilines is 3. The van der Waals surface area contributed by atoms with Crippen LogP contribution in [-0.4, -0.2) is 80.4 Å². The van der Waals surface area contributed by atoms with E-state index in [0.29, 0.717) is 44.2 Å². The van der Waals surface area contributed by atoms with E-state index in [9.17, 15) is 27.6 Å². The molecule has 2 saturated heterocycles. The van der Waals surface area contributed by atoms with Gasteiger partial charge in [-0.25, -0.2) is 14.4 Å². The van der Waals surface area contributed by atoms with Crippen LogP contribution in [0.15, 0.2) is 12.4 Å². The number of nitrogens with zero attached hydrogens (tertiary/aromatic N) is 8. The Morgan fingerprint density at radius 2 is 1.95 bits per heavy atom. The zero-order valence-corrected chi connectivity index (χ0v) is 21.9. The lowest BCUT2D eigenvalue weighted by atomic mass is 9.87. The molecule has 5 rings (SSSR count). The molecule has 38 heavy (non-hydrogen) atoms. The van der Waals surface area contributed by atoms with Gasteiger partial charge in [0.2, 0.25) is 5.91 Å². The molecule has 14 heteroatoms. The minimum atomic E-state index is -4.80. The second-order valence-corrected chi connectivity index (χ2v) is 11.9. The van der Waals surface area contributed by atoms with Gasteiger partial charge in [0.05, 0.1) is 5.56 Å². The summed E-state index contributed by atoms with van der Waals surface area (Å²) in [6, 6.07) is 2.47. The van der Waals surface area contributed by atoms with Gasteiger partial charge in [-0.1, -0.05) is 13.8 Å². The van der Waals surface area contributed by atoms with Crippen LogP contribution in [-0.2, 0) is 16.4 Å². The molecule has 202 valence electrons. The highest BCUT2D eigenvalue weighted by Gasteiger charge is 2.50. The molecule has 2 fully saturated rings. The summed E-state index contributed by atoms with van der Waals surface area (Å²) in [7, 11) is 0. The van der Waals surface area contributed by atoms with Gasteiger partial charge in [0.25, 0.3) is 0 Å². The first-order valence-corrected chi connectivity index (χ1v) is 13.1. The van der Waals surface area contributed by atoms with Gasteiger partial charge in [-0.05, 0) is 19.1 Å². The van der Waals surface area contributed by atoms with E-state index in [-0.39, 0.29) is 17.8 Å². The second kappa shape index (κ2) is 9.21. The number of alkyl halides is 4. The van der Waals surface area contributed by atoms with Crippen LogP contribution in [0.2, 0.25) is 0 Å². The van der Waals surface area contributed by atoms with E-state index >= 15 is 0 Å². The van der Waals surface area contributed by atoms with Gasteiger partial charge in [0.15, 0.2) is 11.5 Å². The van der Waals surface area contributed by atoms with Crippen molar-refractivity contribution in [3.63, 3.8) is 0 Å². The summed E-state index contributed by atoms with van der Waals surface area (Å²) in [5.74, 6) is 1.86. The molecule has 5 heterocycles. The first kappa shape index (κ1) is 26.4. The summed E-state index contributed by atoms with van der Waals surface area (Å²) < 4.78 is 52.5. The van der Waals surface area contributed by atoms with Crippen molar-refractivity contribution in [2.45, 2.75) is 49.6 Å². The van der Waals surface area contributed by atoms with Crippen LogP contribution >= 0.6 is 11.8 Å². The summed E-state index contributed by atoms with van der Waals surface area (Å²) in [5.41, 5.74) is -1.67. The molecular weight excluding hydrogens is 524 g/mol. The summed E-state index contributed by atoms with van der Waals surface area (Å²) in [6.45, 7) is 6.93. The van der Waals surface area contributed by atoms with Crippen LogP contribution in [0.25, 0.3) is 0 Å². The van der Waals surface area contributed by atoms with E-state index in [0.717, 1.165) is 17.4 Å². The molecular formula is C24H26F4N8OS. The number of carbonyl (C=O) groups excluding carboxylic acids is 1. The van der Waals surface area contributed by atoms with E-state index < -0.39 is 34.3 Å². The van der Waals surface area contributed by atoms with Crippen molar-refractivity contribution >= 4 is 35.1 Å². The Bertz CT molecular complexity index is 1300. The van der Waals surface area contributed by atoms with Crippen LogP contribution in [0.3, 0.4) is 0 Å². The molecule has 0 spiro atoms. The molecule has 1 unspecified atom stereocenters. The highest BCUT2D eigenvalue weighted by molar-refractivity contribution is 8.02. The Labute approximate surface area is 221 Å². The highest BCUT2D eigenvalue weighted by atomic mass is 32.2. The SMILES string of the molecule is CC1CN(c2ncnc3c2C(C)(C)CN3c2cc(C#N)c(C(F)(F)F)nn2)CCN1C(=O)[C@]1(CF)CCS1. The summed E-state index contributed by atoms with van der Waals surface area (Å²) in [5, 5.41) is 16.4. The molecule has 0 aromatic carbocycles. The van der Waals surface area contributed by atoms with Crippen molar-refractivity contribution in [3.05, 3.63) is 29.2 Å². The maximum absolute atomic E-state index is 13.7. The number of fused-ring (bicyclic) bond motifs is 1. The van der Waals surface area contributed by atoms with E-state index in [1.165, 1.54) is 18.1 Å². The molecule has 0 saturated carbocycles. The lowest BCUT2D eigenvalue weighted by molar-refractivity contribution is -0.142. The number of aromatic nitrogens is 4. The largest absolute Gasteiger partial charge is 0.436 e. The lowest BCUT2D eigenvalue weighted by Crippen LogP contribution is -2.61. The minimum Gasteiger partial charge on any atom is -0.352 e. The van der Waals surface area contributed by atoms with Crippen molar-refractivity contribution in [3.8, 4) is 6.07 Å². The second-order valence-electron chi connectivity index (χ2n) is 10.5. The average Bonchev–Trinajstić information content (AvgIpc) is 3.13. The standard InChI is InChI=1S/C24H26F4N8OS/c1-14-10-34(5-6-35(14)21(37)23(11-25)4-7-38-23)19-17-20(31-13-30-19)36(12-22(17,2)3)16-8-15(9-29)18(33-32-16)24(26,27)28/h8,13-14H,4-7,10-12H2,1-3H3/t14?,23-/m1/s1. The van der Waals surface area contributed by atoms with Crippen LogP contribution < -0.4 is 9.80 Å². The summed E-state index contributed by atoms with van der Waals surface area (Å²) in [4.78, 5) is 27.6. The highest BCUT2D eigenvalue weighted by Crippen LogP contribution is 2.47. The number of amides is 1. The average molecular weight is 551 g/mol. The first-order chi connectivity index (χ1) is 17.9. The van der Waals surface area contributed by atoms with E-state index in [1.54, 1.807) is 15.9 Å². The lowest BCUT2D eigenvalue weighted by Gasteiger charge is -2.47. The molecule has 0 N–H and O–H groups in total. The molecule has 3 aliphatic heterocycles. The third-order valence-corrected chi connectivity index (χ3v) is 8.87. The molecule has 9 nitrogen and oxygen atoms in total.